The molecular weight excluding hydrogens is 170 g/mol. The van der Waals surface area contributed by atoms with Gasteiger partial charge in [-0.3, -0.25) is 0 Å². The van der Waals surface area contributed by atoms with Crippen molar-refractivity contribution >= 4 is 0 Å². The molecule has 0 aromatic carbocycles. The van der Waals surface area contributed by atoms with Crippen molar-refractivity contribution in [3.8, 4) is 0 Å². The maximum atomic E-state index is 3.75. The summed E-state index contributed by atoms with van der Waals surface area (Å²) in [5.41, 5.74) is 0.655. The molecule has 0 bridgehead atoms. The molecule has 1 nitrogen and oxygen atoms in total. The third-order valence-corrected chi connectivity index (χ3v) is 4.08. The zero-order valence-corrected chi connectivity index (χ0v) is 10.6. The van der Waals surface area contributed by atoms with Crippen molar-refractivity contribution in [2.45, 2.75) is 59.9 Å². The molecule has 1 heteroatoms. The Bertz CT molecular complexity index is 168. The van der Waals surface area contributed by atoms with Gasteiger partial charge in [-0.2, -0.15) is 0 Å². The van der Waals surface area contributed by atoms with E-state index in [0.717, 1.165) is 11.8 Å². The van der Waals surface area contributed by atoms with Crippen LogP contribution in [-0.4, -0.2) is 12.6 Å². The minimum Gasteiger partial charge on any atom is -0.313 e. The Balaban J connectivity index is 2.32. The highest BCUT2D eigenvalue weighted by Crippen LogP contribution is 2.51. The van der Waals surface area contributed by atoms with Crippen LogP contribution in [-0.2, 0) is 0 Å². The molecule has 0 heterocycles. The van der Waals surface area contributed by atoms with Gasteiger partial charge in [-0.25, -0.2) is 0 Å². The van der Waals surface area contributed by atoms with E-state index in [-0.39, 0.29) is 0 Å². The zero-order chi connectivity index (χ0) is 10.8. The van der Waals surface area contributed by atoms with Crippen molar-refractivity contribution in [3.63, 3.8) is 0 Å². The molecule has 1 rings (SSSR count). The summed E-state index contributed by atoms with van der Waals surface area (Å²) in [5, 5.41) is 3.75. The van der Waals surface area contributed by atoms with Crippen molar-refractivity contribution < 1.29 is 0 Å². The average molecular weight is 197 g/mol. The Morgan fingerprint density at radius 2 is 1.71 bits per heavy atom. The van der Waals surface area contributed by atoms with Gasteiger partial charge in [-0.05, 0) is 36.5 Å². The maximum Gasteiger partial charge on any atom is 0.00876 e. The first kappa shape index (κ1) is 12.0. The van der Waals surface area contributed by atoms with Gasteiger partial charge >= 0.3 is 0 Å². The summed E-state index contributed by atoms with van der Waals surface area (Å²) in [5.74, 6) is 1.61. The molecule has 0 saturated heterocycles. The second-order valence-corrected chi connectivity index (χ2v) is 5.66. The Kier molecular flexibility index (Phi) is 4.00. The molecule has 1 saturated carbocycles. The standard InChI is InChI=1S/C13H27N/c1-6-12(10(2)3)14-9-13(7-8-13)11(4)5/h10-12,14H,6-9H2,1-5H3. The summed E-state index contributed by atoms with van der Waals surface area (Å²) in [6.45, 7) is 12.9. The lowest BCUT2D eigenvalue weighted by atomic mass is 9.91. The van der Waals surface area contributed by atoms with Crippen molar-refractivity contribution in [1.29, 1.82) is 0 Å². The van der Waals surface area contributed by atoms with Crippen molar-refractivity contribution in [2.24, 2.45) is 17.3 Å². The SMILES string of the molecule is CCC(NCC1(C(C)C)CC1)C(C)C. The van der Waals surface area contributed by atoms with Gasteiger partial charge in [0.1, 0.15) is 0 Å². The van der Waals surface area contributed by atoms with Gasteiger partial charge in [0, 0.05) is 12.6 Å². The molecule has 1 N–H and O–H groups in total. The minimum absolute atomic E-state index is 0.655. The number of rotatable bonds is 6. The van der Waals surface area contributed by atoms with Crippen molar-refractivity contribution in [2.75, 3.05) is 6.54 Å². The summed E-state index contributed by atoms with van der Waals surface area (Å²) in [6, 6.07) is 0.714. The first-order valence-electron chi connectivity index (χ1n) is 6.25. The molecule has 0 amide bonds. The minimum atomic E-state index is 0.655. The van der Waals surface area contributed by atoms with Gasteiger partial charge < -0.3 is 5.32 Å². The highest BCUT2D eigenvalue weighted by Gasteiger charge is 2.45. The number of hydrogen-bond donors (Lipinski definition) is 1. The van der Waals surface area contributed by atoms with Gasteiger partial charge in [-0.1, -0.05) is 34.6 Å². The van der Waals surface area contributed by atoms with Crippen LogP contribution >= 0.6 is 0 Å². The summed E-state index contributed by atoms with van der Waals surface area (Å²) in [7, 11) is 0. The van der Waals surface area contributed by atoms with Crippen LogP contribution in [0.1, 0.15) is 53.9 Å². The monoisotopic (exact) mass is 197 g/mol. The van der Waals surface area contributed by atoms with Gasteiger partial charge in [-0.15, -0.1) is 0 Å². The summed E-state index contributed by atoms with van der Waals surface area (Å²) in [6.07, 6.45) is 4.13. The maximum absolute atomic E-state index is 3.75. The molecule has 1 aliphatic carbocycles. The van der Waals surface area contributed by atoms with Crippen LogP contribution in [0.2, 0.25) is 0 Å². The number of hydrogen-bond acceptors (Lipinski definition) is 1. The smallest absolute Gasteiger partial charge is 0.00876 e. The van der Waals surface area contributed by atoms with Crippen LogP contribution in [0.4, 0.5) is 0 Å². The first-order chi connectivity index (χ1) is 6.52. The van der Waals surface area contributed by atoms with Crippen LogP contribution in [0.15, 0.2) is 0 Å². The first-order valence-corrected chi connectivity index (χ1v) is 6.25. The summed E-state index contributed by atoms with van der Waals surface area (Å²) >= 11 is 0. The van der Waals surface area contributed by atoms with E-state index in [4.69, 9.17) is 0 Å². The van der Waals surface area contributed by atoms with Gasteiger partial charge in [0.15, 0.2) is 0 Å². The quantitative estimate of drug-likeness (QED) is 0.688. The summed E-state index contributed by atoms with van der Waals surface area (Å²) in [4.78, 5) is 0. The molecule has 0 spiro atoms. The van der Waals surface area contributed by atoms with Crippen LogP contribution < -0.4 is 5.32 Å². The van der Waals surface area contributed by atoms with Gasteiger partial charge in [0.25, 0.3) is 0 Å². The molecule has 1 fully saturated rings. The van der Waals surface area contributed by atoms with E-state index >= 15 is 0 Å². The van der Waals surface area contributed by atoms with Crippen LogP contribution in [0.25, 0.3) is 0 Å². The normalized spacial score (nSPS) is 21.6. The Morgan fingerprint density at radius 1 is 1.14 bits per heavy atom. The lowest BCUT2D eigenvalue weighted by Crippen LogP contribution is -2.38. The van der Waals surface area contributed by atoms with Crippen molar-refractivity contribution in [3.05, 3.63) is 0 Å². The third kappa shape index (κ3) is 2.73. The Hall–Kier alpha value is -0.0400. The molecule has 1 aliphatic rings. The van der Waals surface area contributed by atoms with E-state index in [2.05, 4.69) is 39.9 Å². The van der Waals surface area contributed by atoms with Gasteiger partial charge in [0.2, 0.25) is 0 Å². The molecule has 0 aromatic rings. The second-order valence-electron chi connectivity index (χ2n) is 5.66. The van der Waals surface area contributed by atoms with E-state index in [0.29, 0.717) is 11.5 Å². The predicted octanol–water partition coefficient (Wildman–Crippen LogP) is 3.45. The van der Waals surface area contributed by atoms with Crippen LogP contribution in [0.3, 0.4) is 0 Å². The molecule has 0 radical (unpaired) electrons. The lowest BCUT2D eigenvalue weighted by Gasteiger charge is -2.26. The molecule has 0 aromatic heterocycles. The van der Waals surface area contributed by atoms with Crippen LogP contribution in [0.5, 0.6) is 0 Å². The Labute approximate surface area is 89.7 Å². The predicted molar refractivity (Wildman–Crippen MR) is 63.4 cm³/mol. The molecular formula is C13H27N. The molecule has 14 heavy (non-hydrogen) atoms. The van der Waals surface area contributed by atoms with E-state index in [9.17, 15) is 0 Å². The lowest BCUT2D eigenvalue weighted by molar-refractivity contribution is 0.292. The fourth-order valence-corrected chi connectivity index (χ4v) is 2.30. The Morgan fingerprint density at radius 3 is 2.00 bits per heavy atom. The average Bonchev–Trinajstić information content (AvgIpc) is 2.85. The molecule has 84 valence electrons. The van der Waals surface area contributed by atoms with Gasteiger partial charge in [0.05, 0.1) is 0 Å². The van der Waals surface area contributed by atoms with E-state index < -0.39 is 0 Å². The highest BCUT2D eigenvalue weighted by molar-refractivity contribution is 4.97. The van der Waals surface area contributed by atoms with E-state index in [1.54, 1.807) is 0 Å². The molecule has 1 atom stereocenters. The molecule has 1 unspecified atom stereocenters. The van der Waals surface area contributed by atoms with Crippen LogP contribution in [0, 0.1) is 17.3 Å². The number of nitrogens with one attached hydrogen (secondary N) is 1. The van der Waals surface area contributed by atoms with E-state index in [1.807, 2.05) is 0 Å². The highest BCUT2D eigenvalue weighted by atomic mass is 14.9. The fraction of sp³-hybridized carbons (Fsp3) is 1.00. The van der Waals surface area contributed by atoms with E-state index in [1.165, 1.54) is 25.8 Å². The second kappa shape index (κ2) is 4.65. The largest absolute Gasteiger partial charge is 0.313 e. The summed E-state index contributed by atoms with van der Waals surface area (Å²) < 4.78 is 0. The topological polar surface area (TPSA) is 12.0 Å². The fourth-order valence-electron chi connectivity index (χ4n) is 2.30. The third-order valence-electron chi connectivity index (χ3n) is 4.08. The van der Waals surface area contributed by atoms with Crippen molar-refractivity contribution in [1.82, 2.24) is 5.32 Å². The zero-order valence-electron chi connectivity index (χ0n) is 10.6. The molecule has 0 aliphatic heterocycles.